The van der Waals surface area contributed by atoms with E-state index in [0.29, 0.717) is 11.2 Å². The molecule has 2 heterocycles. The molecule has 0 bridgehead atoms. The minimum Gasteiger partial charge on any atom is -0.385 e. The number of hydrogen-bond donors (Lipinski definition) is 2. The van der Waals surface area contributed by atoms with Crippen LogP contribution in [0, 0.1) is 5.41 Å². The van der Waals surface area contributed by atoms with Gasteiger partial charge >= 0.3 is 0 Å². The number of imidazole rings is 1. The third-order valence-corrected chi connectivity index (χ3v) is 3.82. The Hall–Kier alpha value is -1.82. The molecular formula is C13H19N5O. The van der Waals surface area contributed by atoms with Crippen LogP contribution in [0.2, 0.25) is 0 Å². The summed E-state index contributed by atoms with van der Waals surface area (Å²) in [6.45, 7) is 1.71. The summed E-state index contributed by atoms with van der Waals surface area (Å²) in [6, 6.07) is 0. The van der Waals surface area contributed by atoms with Crippen LogP contribution in [0.5, 0.6) is 0 Å². The molecule has 3 N–H and O–H groups in total. The number of hydrogen-bond acceptors (Lipinski definition) is 5. The van der Waals surface area contributed by atoms with Crippen LogP contribution in [0.25, 0.3) is 5.65 Å². The Kier molecular flexibility index (Phi) is 3.02. The molecule has 0 spiro atoms. The van der Waals surface area contributed by atoms with Crippen molar-refractivity contribution in [3.05, 3.63) is 18.6 Å². The number of rotatable bonds is 6. The number of nitrogens with one attached hydrogen (secondary N) is 1. The van der Waals surface area contributed by atoms with E-state index < -0.39 is 0 Å². The molecule has 1 aliphatic rings. The van der Waals surface area contributed by atoms with Crippen molar-refractivity contribution in [2.45, 2.75) is 19.3 Å². The zero-order valence-corrected chi connectivity index (χ0v) is 11.1. The van der Waals surface area contributed by atoms with Gasteiger partial charge in [-0.05, 0) is 24.7 Å². The lowest BCUT2D eigenvalue weighted by Gasteiger charge is -2.16. The van der Waals surface area contributed by atoms with Gasteiger partial charge < -0.3 is 20.2 Å². The third-order valence-electron chi connectivity index (χ3n) is 3.82. The summed E-state index contributed by atoms with van der Waals surface area (Å²) in [7, 11) is 1.75. The van der Waals surface area contributed by atoms with Crippen molar-refractivity contribution < 1.29 is 4.74 Å². The fourth-order valence-electron chi connectivity index (χ4n) is 2.35. The molecule has 1 aliphatic carbocycles. The molecule has 0 saturated heterocycles. The second-order valence-corrected chi connectivity index (χ2v) is 5.27. The van der Waals surface area contributed by atoms with Crippen LogP contribution in [0.1, 0.15) is 19.3 Å². The van der Waals surface area contributed by atoms with Gasteiger partial charge in [-0.2, -0.15) is 0 Å². The molecule has 2 aromatic rings. The van der Waals surface area contributed by atoms with E-state index in [1.807, 2.05) is 10.6 Å². The Labute approximate surface area is 112 Å². The highest BCUT2D eigenvalue weighted by Gasteiger charge is 2.41. The number of anilines is 2. The molecule has 2 aromatic heterocycles. The molecule has 1 fully saturated rings. The molecule has 19 heavy (non-hydrogen) atoms. The van der Waals surface area contributed by atoms with Gasteiger partial charge in [0.25, 0.3) is 0 Å². The number of nitrogen functional groups attached to an aromatic ring is 1. The van der Waals surface area contributed by atoms with E-state index in [1.165, 1.54) is 12.8 Å². The number of fused-ring (bicyclic) bond motifs is 1. The largest absolute Gasteiger partial charge is 0.385 e. The Bertz CT molecular complexity index is 575. The van der Waals surface area contributed by atoms with E-state index in [9.17, 15) is 0 Å². The molecule has 0 radical (unpaired) electrons. The molecule has 0 aliphatic heterocycles. The number of nitrogens with zero attached hydrogens (tertiary/aromatic N) is 3. The Morgan fingerprint density at radius 1 is 1.53 bits per heavy atom. The molecule has 0 amide bonds. The number of aromatic nitrogens is 3. The van der Waals surface area contributed by atoms with Crippen LogP contribution in [-0.4, -0.2) is 34.6 Å². The van der Waals surface area contributed by atoms with Crippen LogP contribution < -0.4 is 11.1 Å². The maximum Gasteiger partial charge on any atom is 0.180 e. The quantitative estimate of drug-likeness (QED) is 0.824. The van der Waals surface area contributed by atoms with Crippen LogP contribution in [-0.2, 0) is 4.74 Å². The number of nitrogens with two attached hydrogens (primary N) is 1. The van der Waals surface area contributed by atoms with Gasteiger partial charge in [0, 0.05) is 32.7 Å². The second kappa shape index (κ2) is 4.70. The highest BCUT2D eigenvalue weighted by Crippen LogP contribution is 2.48. The minimum atomic E-state index is 0.367. The summed E-state index contributed by atoms with van der Waals surface area (Å²) >= 11 is 0. The van der Waals surface area contributed by atoms with Crippen molar-refractivity contribution in [2.24, 2.45) is 5.41 Å². The Balaban J connectivity index is 1.73. The van der Waals surface area contributed by atoms with Gasteiger partial charge in [0.2, 0.25) is 0 Å². The van der Waals surface area contributed by atoms with Crippen LogP contribution in [0.15, 0.2) is 18.6 Å². The van der Waals surface area contributed by atoms with Crippen LogP contribution >= 0.6 is 0 Å². The van der Waals surface area contributed by atoms with Gasteiger partial charge in [-0.25, -0.2) is 9.97 Å². The van der Waals surface area contributed by atoms with Crippen LogP contribution in [0.4, 0.5) is 11.6 Å². The smallest absolute Gasteiger partial charge is 0.180 e. The SMILES string of the molecule is COCCC1(CNc2nc(N)cn3ccnc23)CC1. The summed E-state index contributed by atoms with van der Waals surface area (Å²) in [6.07, 6.45) is 8.97. The zero-order valence-electron chi connectivity index (χ0n) is 11.1. The van der Waals surface area contributed by atoms with Crippen molar-refractivity contribution >= 4 is 17.3 Å². The van der Waals surface area contributed by atoms with E-state index in [0.717, 1.165) is 31.0 Å². The number of methoxy groups -OCH3 is 1. The van der Waals surface area contributed by atoms with Crippen molar-refractivity contribution in [2.75, 3.05) is 31.3 Å². The first-order valence-electron chi connectivity index (χ1n) is 6.54. The summed E-state index contributed by atoms with van der Waals surface area (Å²) < 4.78 is 7.06. The maximum atomic E-state index is 5.80. The van der Waals surface area contributed by atoms with E-state index in [1.54, 1.807) is 19.5 Å². The first-order valence-corrected chi connectivity index (χ1v) is 6.54. The van der Waals surface area contributed by atoms with E-state index in [4.69, 9.17) is 10.5 Å². The van der Waals surface area contributed by atoms with Gasteiger partial charge in [0.05, 0.1) is 6.20 Å². The van der Waals surface area contributed by atoms with Gasteiger partial charge in [0.15, 0.2) is 11.5 Å². The van der Waals surface area contributed by atoms with Gasteiger partial charge in [0.1, 0.15) is 5.82 Å². The topological polar surface area (TPSA) is 77.5 Å². The number of ether oxygens (including phenoxy) is 1. The van der Waals surface area contributed by atoms with Crippen LogP contribution in [0.3, 0.4) is 0 Å². The summed E-state index contributed by atoms with van der Waals surface area (Å²) in [5, 5.41) is 3.40. The monoisotopic (exact) mass is 261 g/mol. The highest BCUT2D eigenvalue weighted by molar-refractivity contribution is 5.64. The average molecular weight is 261 g/mol. The fourth-order valence-corrected chi connectivity index (χ4v) is 2.35. The summed E-state index contributed by atoms with van der Waals surface area (Å²) in [4.78, 5) is 8.64. The lowest BCUT2D eigenvalue weighted by molar-refractivity contribution is 0.175. The van der Waals surface area contributed by atoms with Gasteiger partial charge in [-0.3, -0.25) is 0 Å². The maximum absolute atomic E-state index is 5.80. The molecule has 3 rings (SSSR count). The molecule has 102 valence electrons. The van der Waals surface area contributed by atoms with Crippen molar-refractivity contribution in [3.63, 3.8) is 0 Å². The highest BCUT2D eigenvalue weighted by atomic mass is 16.5. The lowest BCUT2D eigenvalue weighted by Crippen LogP contribution is -2.18. The van der Waals surface area contributed by atoms with E-state index in [-0.39, 0.29) is 0 Å². The van der Waals surface area contributed by atoms with Crippen molar-refractivity contribution in [3.8, 4) is 0 Å². The fraction of sp³-hybridized carbons (Fsp3) is 0.538. The molecule has 1 saturated carbocycles. The molecule has 0 unspecified atom stereocenters. The standard InChI is InChI=1S/C13H19N5O/c1-19-7-4-13(2-3-13)9-16-11-12-15-5-6-18(12)8-10(14)17-11/h5-6,8H,2-4,7,9,14H2,1H3,(H,16,17). The van der Waals surface area contributed by atoms with Crippen molar-refractivity contribution in [1.29, 1.82) is 0 Å². The molecule has 0 aromatic carbocycles. The van der Waals surface area contributed by atoms with E-state index in [2.05, 4.69) is 15.3 Å². The molecule has 6 heteroatoms. The summed E-state index contributed by atoms with van der Waals surface area (Å²) in [5.74, 6) is 1.25. The normalized spacial score (nSPS) is 16.7. The molecule has 6 nitrogen and oxygen atoms in total. The first-order chi connectivity index (χ1) is 9.22. The third kappa shape index (κ3) is 2.49. The Morgan fingerprint density at radius 3 is 3.11 bits per heavy atom. The molecule has 0 atom stereocenters. The second-order valence-electron chi connectivity index (χ2n) is 5.27. The first kappa shape index (κ1) is 12.2. The lowest BCUT2D eigenvalue weighted by atomic mass is 10.0. The predicted octanol–water partition coefficient (Wildman–Crippen LogP) is 1.54. The Morgan fingerprint density at radius 2 is 2.37 bits per heavy atom. The van der Waals surface area contributed by atoms with E-state index >= 15 is 0 Å². The van der Waals surface area contributed by atoms with Crippen molar-refractivity contribution in [1.82, 2.24) is 14.4 Å². The van der Waals surface area contributed by atoms with Gasteiger partial charge in [-0.1, -0.05) is 0 Å². The predicted molar refractivity (Wildman–Crippen MR) is 74.0 cm³/mol. The molecular weight excluding hydrogens is 242 g/mol. The zero-order chi connectivity index (χ0) is 13.3. The minimum absolute atomic E-state index is 0.367. The van der Waals surface area contributed by atoms with Gasteiger partial charge in [-0.15, -0.1) is 0 Å². The average Bonchev–Trinajstić information content (AvgIpc) is 3.02. The summed E-state index contributed by atoms with van der Waals surface area (Å²) in [5.41, 5.74) is 6.98.